The number of fused-ring (bicyclic) bond motifs is 2. The van der Waals surface area contributed by atoms with Crippen molar-refractivity contribution in [3.63, 3.8) is 0 Å². The lowest BCUT2D eigenvalue weighted by Gasteiger charge is -2.05. The van der Waals surface area contributed by atoms with Crippen molar-refractivity contribution in [1.82, 2.24) is 9.97 Å². The van der Waals surface area contributed by atoms with Crippen molar-refractivity contribution in [2.75, 3.05) is 0 Å². The maximum Gasteiger partial charge on any atom is 0.360 e. The number of hydrogen-bond donors (Lipinski definition) is 5. The van der Waals surface area contributed by atoms with Crippen molar-refractivity contribution in [2.24, 2.45) is 0 Å². The molecule has 0 spiro atoms. The van der Waals surface area contributed by atoms with Gasteiger partial charge in [0.05, 0.1) is 5.52 Å². The van der Waals surface area contributed by atoms with Gasteiger partial charge in [-0.2, -0.15) is 0 Å². The molecule has 4 rings (SSSR count). The predicted molar refractivity (Wildman–Crippen MR) is 86.6 cm³/mol. The van der Waals surface area contributed by atoms with Gasteiger partial charge in [-0.25, -0.2) is 4.79 Å². The van der Waals surface area contributed by atoms with Crippen LogP contribution in [0.5, 0.6) is 23.0 Å². The fourth-order valence-corrected chi connectivity index (χ4v) is 2.57. The Labute approximate surface area is 134 Å². The highest BCUT2D eigenvalue weighted by molar-refractivity contribution is 5.97. The molecule has 0 bridgehead atoms. The van der Waals surface area contributed by atoms with E-state index in [4.69, 9.17) is 4.74 Å². The van der Waals surface area contributed by atoms with Crippen molar-refractivity contribution in [1.29, 1.82) is 0 Å². The van der Waals surface area contributed by atoms with E-state index in [9.17, 15) is 20.1 Å². The summed E-state index contributed by atoms with van der Waals surface area (Å²) in [6.07, 6.45) is 1.71. The topological polar surface area (TPSA) is 119 Å². The van der Waals surface area contributed by atoms with Gasteiger partial charge >= 0.3 is 5.97 Å². The molecule has 7 nitrogen and oxygen atoms in total. The molecule has 0 saturated carbocycles. The average molecular weight is 324 g/mol. The molecule has 0 aliphatic heterocycles. The first-order valence-electron chi connectivity index (χ1n) is 7.08. The van der Waals surface area contributed by atoms with Crippen LogP contribution in [-0.4, -0.2) is 31.3 Å². The quantitative estimate of drug-likeness (QED) is 0.221. The molecule has 24 heavy (non-hydrogen) atoms. The first kappa shape index (κ1) is 14.0. The van der Waals surface area contributed by atoms with E-state index in [0.717, 1.165) is 10.9 Å². The number of aromatic nitrogens is 2. The number of aromatic hydroxyl groups is 3. The summed E-state index contributed by atoms with van der Waals surface area (Å²) in [5.41, 5.74) is 1.33. The van der Waals surface area contributed by atoms with E-state index in [-0.39, 0.29) is 28.7 Å². The largest absolute Gasteiger partial charge is 0.504 e. The summed E-state index contributed by atoms with van der Waals surface area (Å²) in [6.45, 7) is 0. The van der Waals surface area contributed by atoms with Crippen molar-refractivity contribution in [3.05, 3.63) is 48.3 Å². The summed E-state index contributed by atoms with van der Waals surface area (Å²) >= 11 is 0. The number of ether oxygens (including phenoxy) is 1. The van der Waals surface area contributed by atoms with Gasteiger partial charge in [0.2, 0.25) is 0 Å². The highest BCUT2D eigenvalue weighted by Gasteiger charge is 2.16. The summed E-state index contributed by atoms with van der Waals surface area (Å²) in [4.78, 5) is 18.0. The summed E-state index contributed by atoms with van der Waals surface area (Å²) in [6, 6.07) is 8.95. The van der Waals surface area contributed by atoms with Crippen LogP contribution in [0.2, 0.25) is 0 Å². The molecule has 0 amide bonds. The highest BCUT2D eigenvalue weighted by Crippen LogP contribution is 2.33. The SMILES string of the molecule is O=C(Oc1cc2cc[nH]c2cc1O)c1cc2cc(O)c(O)cc2[nH]1. The third kappa shape index (κ3) is 2.19. The molecular weight excluding hydrogens is 312 g/mol. The van der Waals surface area contributed by atoms with Gasteiger partial charge in [0, 0.05) is 34.6 Å². The van der Waals surface area contributed by atoms with Crippen LogP contribution in [0.4, 0.5) is 0 Å². The Hall–Kier alpha value is -3.61. The second-order valence-corrected chi connectivity index (χ2v) is 5.39. The van der Waals surface area contributed by atoms with Crippen LogP contribution in [-0.2, 0) is 0 Å². The van der Waals surface area contributed by atoms with Gasteiger partial charge in [-0.15, -0.1) is 0 Å². The summed E-state index contributed by atoms with van der Waals surface area (Å²) in [5, 5.41) is 30.3. The highest BCUT2D eigenvalue weighted by atomic mass is 16.5. The summed E-state index contributed by atoms with van der Waals surface area (Å²) in [5.74, 6) is -1.40. The Bertz CT molecular complexity index is 1050. The summed E-state index contributed by atoms with van der Waals surface area (Å²) < 4.78 is 5.24. The van der Waals surface area contributed by atoms with Crippen molar-refractivity contribution in [2.45, 2.75) is 0 Å². The fraction of sp³-hybridized carbons (Fsp3) is 0. The van der Waals surface area contributed by atoms with E-state index in [1.165, 1.54) is 24.3 Å². The minimum Gasteiger partial charge on any atom is -0.504 e. The normalized spacial score (nSPS) is 11.2. The van der Waals surface area contributed by atoms with Crippen LogP contribution in [0.3, 0.4) is 0 Å². The number of benzene rings is 2. The molecule has 2 heterocycles. The minimum atomic E-state index is -0.699. The van der Waals surface area contributed by atoms with Crippen LogP contribution in [0.1, 0.15) is 10.5 Å². The second-order valence-electron chi connectivity index (χ2n) is 5.39. The van der Waals surface area contributed by atoms with Gasteiger partial charge in [-0.3, -0.25) is 0 Å². The fourth-order valence-electron chi connectivity index (χ4n) is 2.57. The van der Waals surface area contributed by atoms with Crippen LogP contribution in [0.15, 0.2) is 42.6 Å². The molecule has 5 N–H and O–H groups in total. The molecule has 0 aliphatic rings. The predicted octanol–water partition coefficient (Wildman–Crippen LogP) is 2.99. The molecule has 2 aromatic carbocycles. The maximum atomic E-state index is 12.3. The Kier molecular flexibility index (Phi) is 2.89. The molecule has 0 radical (unpaired) electrons. The number of nitrogens with one attached hydrogen (secondary N) is 2. The van der Waals surface area contributed by atoms with Gasteiger partial charge < -0.3 is 30.0 Å². The van der Waals surface area contributed by atoms with E-state index >= 15 is 0 Å². The number of carbonyl (C=O) groups excluding carboxylic acids is 1. The van der Waals surface area contributed by atoms with E-state index < -0.39 is 5.97 Å². The summed E-state index contributed by atoms with van der Waals surface area (Å²) in [7, 11) is 0. The molecule has 0 aliphatic carbocycles. The van der Waals surface area contributed by atoms with Crippen LogP contribution in [0, 0.1) is 0 Å². The molecule has 0 fully saturated rings. The number of phenolic OH excluding ortho intramolecular Hbond substituents is 3. The molecule has 0 unspecified atom stereocenters. The number of phenols is 3. The molecule has 120 valence electrons. The minimum absolute atomic E-state index is 0.0384. The number of rotatable bonds is 2. The van der Waals surface area contributed by atoms with E-state index in [1.807, 2.05) is 0 Å². The number of H-pyrrole nitrogens is 2. The number of carbonyl (C=O) groups is 1. The molecule has 2 aromatic heterocycles. The average Bonchev–Trinajstić information content (AvgIpc) is 3.14. The second kappa shape index (κ2) is 4.95. The van der Waals surface area contributed by atoms with Crippen molar-refractivity contribution in [3.8, 4) is 23.0 Å². The third-order valence-electron chi connectivity index (χ3n) is 3.77. The van der Waals surface area contributed by atoms with Gasteiger partial charge in [0.25, 0.3) is 0 Å². The van der Waals surface area contributed by atoms with Crippen LogP contribution >= 0.6 is 0 Å². The Morgan fingerprint density at radius 1 is 0.875 bits per heavy atom. The Morgan fingerprint density at radius 2 is 1.62 bits per heavy atom. The van der Waals surface area contributed by atoms with Crippen molar-refractivity contribution >= 4 is 27.8 Å². The molecule has 7 heteroatoms. The lowest BCUT2D eigenvalue weighted by Crippen LogP contribution is -2.08. The lowest BCUT2D eigenvalue weighted by molar-refractivity contribution is 0.0725. The first-order valence-corrected chi connectivity index (χ1v) is 7.08. The maximum absolute atomic E-state index is 12.3. The Morgan fingerprint density at radius 3 is 2.46 bits per heavy atom. The van der Waals surface area contributed by atoms with Gasteiger partial charge in [0.1, 0.15) is 5.69 Å². The third-order valence-corrected chi connectivity index (χ3v) is 3.77. The zero-order chi connectivity index (χ0) is 16.8. The smallest absolute Gasteiger partial charge is 0.360 e. The lowest BCUT2D eigenvalue weighted by atomic mass is 10.2. The van der Waals surface area contributed by atoms with Gasteiger partial charge in [-0.1, -0.05) is 0 Å². The zero-order valence-corrected chi connectivity index (χ0v) is 12.2. The number of aromatic amines is 2. The molecule has 0 atom stereocenters. The van der Waals surface area contributed by atoms with Crippen molar-refractivity contribution < 1.29 is 24.9 Å². The van der Waals surface area contributed by atoms with E-state index in [2.05, 4.69) is 9.97 Å². The molecule has 0 saturated heterocycles. The van der Waals surface area contributed by atoms with Crippen LogP contribution < -0.4 is 4.74 Å². The van der Waals surface area contributed by atoms with E-state index in [0.29, 0.717) is 10.9 Å². The zero-order valence-electron chi connectivity index (χ0n) is 12.2. The standard InChI is InChI=1S/C17H12N2O5/c20-13-4-9-3-12(19-11(9)7-14(13)21)17(23)24-16-5-8-1-2-18-10(8)6-15(16)22/h1-7,18-22H. The number of hydrogen-bond acceptors (Lipinski definition) is 5. The number of esters is 1. The van der Waals surface area contributed by atoms with Crippen LogP contribution in [0.25, 0.3) is 21.8 Å². The molecule has 4 aromatic rings. The van der Waals surface area contributed by atoms with E-state index in [1.54, 1.807) is 18.3 Å². The monoisotopic (exact) mass is 324 g/mol. The van der Waals surface area contributed by atoms with Gasteiger partial charge in [0.15, 0.2) is 23.0 Å². The van der Waals surface area contributed by atoms with Gasteiger partial charge in [-0.05, 0) is 24.3 Å². The molecular formula is C17H12N2O5. The first-order chi connectivity index (χ1) is 11.5. The Balaban J connectivity index is 1.69.